The van der Waals surface area contributed by atoms with E-state index in [0.29, 0.717) is 19.0 Å². The Balaban J connectivity index is 2.39. The van der Waals surface area contributed by atoms with Crippen molar-refractivity contribution in [3.05, 3.63) is 30.3 Å². The minimum absolute atomic E-state index is 0.330. The van der Waals surface area contributed by atoms with Gasteiger partial charge in [-0.1, -0.05) is 32.0 Å². The van der Waals surface area contributed by atoms with Crippen molar-refractivity contribution < 1.29 is 5.11 Å². The van der Waals surface area contributed by atoms with E-state index in [1.165, 1.54) is 5.69 Å². The molecule has 0 aliphatic carbocycles. The highest BCUT2D eigenvalue weighted by molar-refractivity contribution is 5.45. The fraction of sp³-hybridized carbons (Fsp3) is 0.600. The van der Waals surface area contributed by atoms with Gasteiger partial charge in [0.25, 0.3) is 0 Å². The maximum absolute atomic E-state index is 10.0. The molecule has 1 atom stereocenters. The van der Waals surface area contributed by atoms with Crippen LogP contribution in [0.1, 0.15) is 20.8 Å². The number of rotatable bonds is 8. The molecule has 1 aromatic rings. The number of benzene rings is 1. The molecule has 0 saturated heterocycles. The second kappa shape index (κ2) is 8.11. The SMILES string of the molecule is CCN(CC(O)CNCC(C)C)c1ccccc1. The Kier molecular flexibility index (Phi) is 6.76. The van der Waals surface area contributed by atoms with Crippen LogP contribution >= 0.6 is 0 Å². The highest BCUT2D eigenvalue weighted by Crippen LogP contribution is 2.12. The number of nitrogens with zero attached hydrogens (tertiary/aromatic N) is 1. The van der Waals surface area contributed by atoms with Crippen molar-refractivity contribution >= 4 is 5.69 Å². The third kappa shape index (κ3) is 5.52. The number of para-hydroxylation sites is 1. The summed E-state index contributed by atoms with van der Waals surface area (Å²) in [5.74, 6) is 0.619. The first-order chi connectivity index (χ1) is 8.63. The van der Waals surface area contributed by atoms with Crippen molar-refractivity contribution in [2.24, 2.45) is 5.92 Å². The van der Waals surface area contributed by atoms with E-state index in [1.807, 2.05) is 18.2 Å². The van der Waals surface area contributed by atoms with Crippen LogP contribution in [0.25, 0.3) is 0 Å². The molecule has 102 valence electrons. The standard InChI is InChI=1S/C15H26N2O/c1-4-17(14-8-6-5-7-9-14)12-15(18)11-16-10-13(2)3/h5-9,13,15-16,18H,4,10-12H2,1-3H3. The van der Waals surface area contributed by atoms with Crippen molar-refractivity contribution in [3.63, 3.8) is 0 Å². The number of aliphatic hydroxyl groups is 1. The Morgan fingerprint density at radius 2 is 1.83 bits per heavy atom. The van der Waals surface area contributed by atoms with Gasteiger partial charge in [-0.3, -0.25) is 0 Å². The number of likely N-dealkylation sites (N-methyl/N-ethyl adjacent to an activating group) is 1. The molecular formula is C15H26N2O. The van der Waals surface area contributed by atoms with Crippen LogP contribution in [0.4, 0.5) is 5.69 Å². The van der Waals surface area contributed by atoms with Gasteiger partial charge in [0.15, 0.2) is 0 Å². The van der Waals surface area contributed by atoms with E-state index in [1.54, 1.807) is 0 Å². The molecule has 0 aliphatic heterocycles. The molecule has 0 bridgehead atoms. The molecule has 1 aromatic carbocycles. The Bertz CT molecular complexity index is 314. The van der Waals surface area contributed by atoms with E-state index in [-0.39, 0.29) is 6.10 Å². The van der Waals surface area contributed by atoms with Gasteiger partial charge in [-0.25, -0.2) is 0 Å². The van der Waals surface area contributed by atoms with E-state index in [4.69, 9.17) is 0 Å². The van der Waals surface area contributed by atoms with Crippen molar-refractivity contribution in [2.75, 3.05) is 31.1 Å². The molecule has 3 nitrogen and oxygen atoms in total. The topological polar surface area (TPSA) is 35.5 Å². The predicted octanol–water partition coefficient (Wildman–Crippen LogP) is 2.12. The van der Waals surface area contributed by atoms with Crippen LogP contribution < -0.4 is 10.2 Å². The first-order valence-corrected chi connectivity index (χ1v) is 6.82. The van der Waals surface area contributed by atoms with E-state index >= 15 is 0 Å². The summed E-state index contributed by atoms with van der Waals surface area (Å²) in [4.78, 5) is 2.20. The van der Waals surface area contributed by atoms with Crippen LogP contribution in [0.15, 0.2) is 30.3 Å². The van der Waals surface area contributed by atoms with Crippen molar-refractivity contribution in [1.29, 1.82) is 0 Å². The van der Waals surface area contributed by atoms with E-state index in [9.17, 15) is 5.11 Å². The summed E-state index contributed by atoms with van der Waals surface area (Å²) in [6.07, 6.45) is -0.330. The first kappa shape index (κ1) is 15.0. The van der Waals surface area contributed by atoms with Crippen molar-refractivity contribution in [1.82, 2.24) is 5.32 Å². The third-order valence-electron chi connectivity index (χ3n) is 2.87. The van der Waals surface area contributed by atoms with Gasteiger partial charge in [0.2, 0.25) is 0 Å². The zero-order valence-electron chi connectivity index (χ0n) is 11.8. The van der Waals surface area contributed by atoms with Gasteiger partial charge in [0, 0.05) is 25.3 Å². The van der Waals surface area contributed by atoms with Gasteiger partial charge in [0.05, 0.1) is 6.10 Å². The van der Waals surface area contributed by atoms with Gasteiger partial charge in [-0.05, 0) is 31.5 Å². The number of hydrogen-bond acceptors (Lipinski definition) is 3. The fourth-order valence-electron chi connectivity index (χ4n) is 1.91. The zero-order chi connectivity index (χ0) is 13.4. The molecule has 3 heteroatoms. The highest BCUT2D eigenvalue weighted by Gasteiger charge is 2.10. The van der Waals surface area contributed by atoms with Crippen molar-refractivity contribution in [2.45, 2.75) is 26.9 Å². The molecule has 0 saturated carbocycles. The predicted molar refractivity (Wildman–Crippen MR) is 78.0 cm³/mol. The maximum Gasteiger partial charge on any atom is 0.0839 e. The Hall–Kier alpha value is -1.06. The molecule has 0 amide bonds. The Labute approximate surface area is 111 Å². The molecule has 1 unspecified atom stereocenters. The lowest BCUT2D eigenvalue weighted by Crippen LogP contribution is -2.39. The third-order valence-corrected chi connectivity index (χ3v) is 2.87. The minimum Gasteiger partial charge on any atom is -0.390 e. The zero-order valence-corrected chi connectivity index (χ0v) is 11.8. The van der Waals surface area contributed by atoms with Crippen molar-refractivity contribution in [3.8, 4) is 0 Å². The molecule has 2 N–H and O–H groups in total. The van der Waals surface area contributed by atoms with Crippen LogP contribution in [-0.2, 0) is 0 Å². The maximum atomic E-state index is 10.0. The highest BCUT2D eigenvalue weighted by atomic mass is 16.3. The monoisotopic (exact) mass is 250 g/mol. The summed E-state index contributed by atoms with van der Waals surface area (Å²) in [7, 11) is 0. The summed E-state index contributed by atoms with van der Waals surface area (Å²) < 4.78 is 0. The van der Waals surface area contributed by atoms with Crippen LogP contribution in [0.5, 0.6) is 0 Å². The smallest absolute Gasteiger partial charge is 0.0839 e. The van der Waals surface area contributed by atoms with Crippen LogP contribution in [0.2, 0.25) is 0 Å². The van der Waals surface area contributed by atoms with Crippen LogP contribution in [0, 0.1) is 5.92 Å². The van der Waals surface area contributed by atoms with E-state index < -0.39 is 0 Å². The lowest BCUT2D eigenvalue weighted by Gasteiger charge is -2.26. The molecule has 18 heavy (non-hydrogen) atoms. The lowest BCUT2D eigenvalue weighted by atomic mass is 10.2. The molecule has 0 spiro atoms. The largest absolute Gasteiger partial charge is 0.390 e. The summed E-state index contributed by atoms with van der Waals surface area (Å²) in [6.45, 7) is 9.64. The number of anilines is 1. The quantitative estimate of drug-likeness (QED) is 0.742. The molecule has 0 heterocycles. The Morgan fingerprint density at radius 1 is 1.17 bits per heavy atom. The second-order valence-corrected chi connectivity index (χ2v) is 5.08. The normalized spacial score (nSPS) is 12.7. The van der Waals surface area contributed by atoms with Gasteiger partial charge in [-0.2, -0.15) is 0 Å². The summed E-state index contributed by atoms with van der Waals surface area (Å²) in [6, 6.07) is 10.2. The molecule has 0 fully saturated rings. The molecular weight excluding hydrogens is 224 g/mol. The van der Waals surface area contributed by atoms with Crippen LogP contribution in [0.3, 0.4) is 0 Å². The molecule has 1 rings (SSSR count). The number of nitrogens with one attached hydrogen (secondary N) is 1. The fourth-order valence-corrected chi connectivity index (χ4v) is 1.91. The summed E-state index contributed by atoms with van der Waals surface area (Å²) in [5, 5.41) is 13.3. The average Bonchev–Trinajstić information content (AvgIpc) is 2.36. The summed E-state index contributed by atoms with van der Waals surface area (Å²) in [5.41, 5.74) is 1.17. The van der Waals surface area contributed by atoms with E-state index in [2.05, 4.69) is 43.1 Å². The minimum atomic E-state index is -0.330. The van der Waals surface area contributed by atoms with E-state index in [0.717, 1.165) is 13.1 Å². The molecule has 0 aromatic heterocycles. The van der Waals surface area contributed by atoms with Gasteiger partial charge < -0.3 is 15.3 Å². The second-order valence-electron chi connectivity index (χ2n) is 5.08. The average molecular weight is 250 g/mol. The lowest BCUT2D eigenvalue weighted by molar-refractivity contribution is 0.175. The summed E-state index contributed by atoms with van der Waals surface area (Å²) >= 11 is 0. The first-order valence-electron chi connectivity index (χ1n) is 6.82. The molecule has 0 radical (unpaired) electrons. The van der Waals surface area contributed by atoms with Crippen LogP contribution in [-0.4, -0.2) is 37.4 Å². The number of aliphatic hydroxyl groups excluding tert-OH is 1. The Morgan fingerprint density at radius 3 is 2.39 bits per heavy atom. The molecule has 0 aliphatic rings. The number of hydrogen-bond donors (Lipinski definition) is 2. The van der Waals surface area contributed by atoms with Gasteiger partial charge in [-0.15, -0.1) is 0 Å². The van der Waals surface area contributed by atoms with Gasteiger partial charge in [0.1, 0.15) is 0 Å². The van der Waals surface area contributed by atoms with Gasteiger partial charge >= 0.3 is 0 Å².